The number of carbonyl (C=O) groups is 2. The summed E-state index contributed by atoms with van der Waals surface area (Å²) in [4.78, 5) is 23.5. The van der Waals surface area contributed by atoms with E-state index < -0.39 is 5.97 Å². The number of esters is 1. The van der Waals surface area contributed by atoms with Crippen LogP contribution in [0.15, 0.2) is 60.7 Å². The van der Waals surface area contributed by atoms with Crippen LogP contribution in [0.3, 0.4) is 0 Å². The fourth-order valence-corrected chi connectivity index (χ4v) is 2.13. The summed E-state index contributed by atoms with van der Waals surface area (Å²) in [6.45, 7) is 1.52. The Hall–Kier alpha value is -3.39. The van der Waals surface area contributed by atoms with Crippen molar-refractivity contribution in [2.45, 2.75) is 13.0 Å². The number of rotatable bonds is 6. The molecule has 0 aromatic heterocycles. The average Bonchev–Trinajstić information content (AvgIpc) is 2.65. The van der Waals surface area contributed by atoms with Crippen molar-refractivity contribution in [1.82, 2.24) is 5.32 Å². The Morgan fingerprint density at radius 2 is 1.84 bits per heavy atom. The Labute approximate surface area is 146 Å². The molecule has 0 radical (unpaired) electrons. The maximum absolute atomic E-state index is 11.8. The molecule has 0 fully saturated rings. The largest absolute Gasteiger partial charge is 0.452 e. The molecular formula is C20H18N2O3. The minimum atomic E-state index is -0.605. The molecule has 5 heteroatoms. The molecule has 0 aliphatic rings. The summed E-state index contributed by atoms with van der Waals surface area (Å²) >= 11 is 0. The lowest BCUT2D eigenvalue weighted by Gasteiger charge is -2.13. The summed E-state index contributed by atoms with van der Waals surface area (Å²) < 4.78 is 4.92. The molecule has 1 amide bonds. The van der Waals surface area contributed by atoms with Crippen molar-refractivity contribution >= 4 is 18.0 Å². The van der Waals surface area contributed by atoms with E-state index in [0.717, 1.165) is 11.1 Å². The molecule has 1 atom stereocenters. The summed E-state index contributed by atoms with van der Waals surface area (Å²) in [5, 5.41) is 11.5. The molecule has 2 rings (SSSR count). The summed E-state index contributed by atoms with van der Waals surface area (Å²) in [6, 6.07) is 18.1. The van der Waals surface area contributed by atoms with Gasteiger partial charge in [-0.2, -0.15) is 5.26 Å². The highest BCUT2D eigenvalue weighted by Crippen LogP contribution is 2.10. The number of carbonyl (C=O) groups excluding carboxylic acids is 2. The number of nitrogens with one attached hydrogen (secondary N) is 1. The van der Waals surface area contributed by atoms with Crippen molar-refractivity contribution < 1.29 is 14.3 Å². The van der Waals surface area contributed by atoms with Crippen molar-refractivity contribution in [1.29, 1.82) is 5.26 Å². The van der Waals surface area contributed by atoms with Crippen molar-refractivity contribution in [3.05, 3.63) is 77.4 Å². The summed E-state index contributed by atoms with van der Waals surface area (Å²) in [7, 11) is 0. The van der Waals surface area contributed by atoms with E-state index in [1.165, 1.54) is 6.08 Å². The maximum atomic E-state index is 11.8. The first-order valence-corrected chi connectivity index (χ1v) is 7.78. The van der Waals surface area contributed by atoms with E-state index in [1.54, 1.807) is 30.3 Å². The van der Waals surface area contributed by atoms with Crippen LogP contribution in [0.5, 0.6) is 0 Å². The molecule has 1 N–H and O–H groups in total. The lowest BCUT2D eigenvalue weighted by Crippen LogP contribution is -2.30. The SMILES string of the molecule is C[C@H](NC(=O)COC(=O)/C=C/c1ccc(C#N)cc1)c1ccccc1. The zero-order chi connectivity index (χ0) is 18.1. The Bertz CT molecular complexity index is 790. The predicted octanol–water partition coefficient (Wildman–Crippen LogP) is 2.99. The van der Waals surface area contributed by atoms with Gasteiger partial charge in [-0.25, -0.2) is 4.79 Å². The van der Waals surface area contributed by atoms with E-state index in [1.807, 2.05) is 43.3 Å². The summed E-state index contributed by atoms with van der Waals surface area (Å²) in [6.07, 6.45) is 2.81. The van der Waals surface area contributed by atoms with Crippen LogP contribution < -0.4 is 5.32 Å². The second kappa shape index (κ2) is 9.04. The van der Waals surface area contributed by atoms with Gasteiger partial charge in [0.15, 0.2) is 6.61 Å². The van der Waals surface area contributed by atoms with E-state index in [4.69, 9.17) is 10.00 Å². The Balaban J connectivity index is 1.78. The highest BCUT2D eigenvalue weighted by Gasteiger charge is 2.10. The van der Waals surface area contributed by atoms with Crippen LogP contribution in [0.1, 0.15) is 29.7 Å². The summed E-state index contributed by atoms with van der Waals surface area (Å²) in [5.74, 6) is -0.969. The lowest BCUT2D eigenvalue weighted by molar-refractivity contribution is -0.144. The van der Waals surface area contributed by atoms with Gasteiger partial charge in [0, 0.05) is 6.08 Å². The van der Waals surface area contributed by atoms with E-state index in [-0.39, 0.29) is 18.6 Å². The molecule has 0 saturated carbocycles. The van der Waals surface area contributed by atoms with E-state index >= 15 is 0 Å². The fraction of sp³-hybridized carbons (Fsp3) is 0.150. The van der Waals surface area contributed by atoms with Gasteiger partial charge in [0.05, 0.1) is 17.7 Å². The third kappa shape index (κ3) is 5.96. The molecule has 0 saturated heterocycles. The first kappa shape index (κ1) is 18.0. The van der Waals surface area contributed by atoms with Gasteiger partial charge in [0.2, 0.25) is 0 Å². The average molecular weight is 334 g/mol. The molecule has 126 valence electrons. The minimum Gasteiger partial charge on any atom is -0.452 e. The van der Waals surface area contributed by atoms with Gasteiger partial charge < -0.3 is 10.1 Å². The third-order valence-electron chi connectivity index (χ3n) is 3.47. The van der Waals surface area contributed by atoms with E-state index in [0.29, 0.717) is 5.56 Å². The smallest absolute Gasteiger partial charge is 0.331 e. The highest BCUT2D eigenvalue weighted by molar-refractivity contribution is 5.89. The number of amides is 1. The molecule has 2 aromatic carbocycles. The van der Waals surface area contributed by atoms with E-state index in [2.05, 4.69) is 5.32 Å². The van der Waals surface area contributed by atoms with E-state index in [9.17, 15) is 9.59 Å². The number of nitrogens with zero attached hydrogens (tertiary/aromatic N) is 1. The predicted molar refractivity (Wildman–Crippen MR) is 94.1 cm³/mol. The standard InChI is InChI=1S/C20H18N2O3/c1-15(18-5-3-2-4-6-18)22-19(23)14-25-20(24)12-11-16-7-9-17(13-21)10-8-16/h2-12,15H,14H2,1H3,(H,22,23)/b12-11+/t15-/m0/s1. The lowest BCUT2D eigenvalue weighted by atomic mass is 10.1. The van der Waals surface area contributed by atoms with Crippen molar-refractivity contribution in [3.63, 3.8) is 0 Å². The van der Waals surface area contributed by atoms with Crippen LogP contribution in [0.2, 0.25) is 0 Å². The number of hydrogen-bond donors (Lipinski definition) is 1. The molecule has 0 aliphatic heterocycles. The molecular weight excluding hydrogens is 316 g/mol. The molecule has 2 aromatic rings. The number of nitriles is 1. The monoisotopic (exact) mass is 334 g/mol. The molecule has 25 heavy (non-hydrogen) atoms. The van der Waals surface area contributed by atoms with Crippen LogP contribution in [0, 0.1) is 11.3 Å². The van der Waals surface area contributed by atoms with Crippen LogP contribution in [0.4, 0.5) is 0 Å². The first-order valence-electron chi connectivity index (χ1n) is 7.78. The van der Waals surface area contributed by atoms with Crippen molar-refractivity contribution in [2.24, 2.45) is 0 Å². The van der Waals surface area contributed by atoms with Gasteiger partial charge in [0.25, 0.3) is 5.91 Å². The van der Waals surface area contributed by atoms with Crippen LogP contribution >= 0.6 is 0 Å². The van der Waals surface area contributed by atoms with Crippen molar-refractivity contribution in [2.75, 3.05) is 6.61 Å². The van der Waals surface area contributed by atoms with Gasteiger partial charge in [-0.3, -0.25) is 4.79 Å². The third-order valence-corrected chi connectivity index (χ3v) is 3.47. The Kier molecular flexibility index (Phi) is 6.49. The highest BCUT2D eigenvalue weighted by atomic mass is 16.5. The Morgan fingerprint density at radius 1 is 1.16 bits per heavy atom. The Morgan fingerprint density at radius 3 is 2.48 bits per heavy atom. The molecule has 5 nitrogen and oxygen atoms in total. The van der Waals surface area contributed by atoms with Crippen LogP contribution in [-0.2, 0) is 14.3 Å². The molecule has 0 spiro atoms. The van der Waals surface area contributed by atoms with Gasteiger partial charge in [0.1, 0.15) is 0 Å². The van der Waals surface area contributed by atoms with Gasteiger partial charge in [-0.1, -0.05) is 42.5 Å². The fourth-order valence-electron chi connectivity index (χ4n) is 2.13. The maximum Gasteiger partial charge on any atom is 0.331 e. The van der Waals surface area contributed by atoms with Gasteiger partial charge in [-0.05, 0) is 36.3 Å². The zero-order valence-corrected chi connectivity index (χ0v) is 13.8. The van der Waals surface area contributed by atoms with Gasteiger partial charge >= 0.3 is 5.97 Å². The van der Waals surface area contributed by atoms with Crippen molar-refractivity contribution in [3.8, 4) is 6.07 Å². The zero-order valence-electron chi connectivity index (χ0n) is 13.8. The number of ether oxygens (including phenoxy) is 1. The molecule has 0 aliphatic carbocycles. The second-order valence-electron chi connectivity index (χ2n) is 5.37. The van der Waals surface area contributed by atoms with Gasteiger partial charge in [-0.15, -0.1) is 0 Å². The van der Waals surface area contributed by atoms with Crippen LogP contribution in [0.25, 0.3) is 6.08 Å². The minimum absolute atomic E-state index is 0.165. The quantitative estimate of drug-likeness (QED) is 0.650. The first-order chi connectivity index (χ1) is 12.1. The summed E-state index contributed by atoms with van der Waals surface area (Å²) in [5.41, 5.74) is 2.28. The molecule has 0 bridgehead atoms. The van der Waals surface area contributed by atoms with Crippen LogP contribution in [-0.4, -0.2) is 18.5 Å². The molecule has 0 unspecified atom stereocenters. The molecule has 0 heterocycles. The second-order valence-corrected chi connectivity index (χ2v) is 5.37. The topological polar surface area (TPSA) is 79.2 Å². The normalized spacial score (nSPS) is 11.5. The number of hydrogen-bond acceptors (Lipinski definition) is 4. The number of benzene rings is 2.